The van der Waals surface area contributed by atoms with Gasteiger partial charge in [-0.15, -0.1) is 0 Å². The fourth-order valence-electron chi connectivity index (χ4n) is 2.54. The van der Waals surface area contributed by atoms with E-state index in [1.807, 2.05) is 16.8 Å². The van der Waals surface area contributed by atoms with Crippen molar-refractivity contribution in [1.82, 2.24) is 9.80 Å². The third-order valence-electron chi connectivity index (χ3n) is 3.69. The molecule has 1 saturated heterocycles. The SMILES string of the molecule is CC(C)C[C@@H](N)C(=O)N1CCN(C(=O)c2ccsc2)CC1. The third kappa shape index (κ3) is 4.04. The molecule has 2 N–H and O–H groups in total. The molecular formula is C15H23N3O2S. The van der Waals surface area contributed by atoms with Gasteiger partial charge in [0.15, 0.2) is 0 Å². The second kappa shape index (κ2) is 7.04. The number of rotatable bonds is 4. The Kier molecular flexibility index (Phi) is 5.36. The van der Waals surface area contributed by atoms with Gasteiger partial charge in [-0.25, -0.2) is 0 Å². The molecule has 0 radical (unpaired) electrons. The van der Waals surface area contributed by atoms with E-state index in [2.05, 4.69) is 13.8 Å². The monoisotopic (exact) mass is 309 g/mol. The van der Waals surface area contributed by atoms with E-state index in [9.17, 15) is 9.59 Å². The lowest BCUT2D eigenvalue weighted by Gasteiger charge is -2.36. The number of carbonyl (C=O) groups is 2. The minimum absolute atomic E-state index is 0.00586. The first kappa shape index (κ1) is 16.0. The van der Waals surface area contributed by atoms with Crippen LogP contribution in [-0.2, 0) is 4.79 Å². The van der Waals surface area contributed by atoms with Gasteiger partial charge in [0.25, 0.3) is 5.91 Å². The molecule has 0 spiro atoms. The molecule has 1 fully saturated rings. The van der Waals surface area contributed by atoms with Crippen molar-refractivity contribution < 1.29 is 9.59 Å². The zero-order valence-electron chi connectivity index (χ0n) is 12.6. The maximum atomic E-state index is 12.2. The van der Waals surface area contributed by atoms with Gasteiger partial charge in [0.05, 0.1) is 11.6 Å². The highest BCUT2D eigenvalue weighted by Gasteiger charge is 2.27. The predicted octanol–water partition coefficient (Wildman–Crippen LogP) is 1.41. The van der Waals surface area contributed by atoms with Gasteiger partial charge in [0, 0.05) is 31.6 Å². The molecule has 0 saturated carbocycles. The Hall–Kier alpha value is -1.40. The van der Waals surface area contributed by atoms with Crippen LogP contribution in [0.4, 0.5) is 0 Å². The van der Waals surface area contributed by atoms with Crippen molar-refractivity contribution in [3.05, 3.63) is 22.4 Å². The molecule has 2 heterocycles. The van der Waals surface area contributed by atoms with Gasteiger partial charge in [-0.1, -0.05) is 13.8 Å². The number of hydrogen-bond acceptors (Lipinski definition) is 4. The van der Waals surface area contributed by atoms with Gasteiger partial charge in [-0.3, -0.25) is 9.59 Å². The molecule has 1 atom stereocenters. The van der Waals surface area contributed by atoms with Crippen molar-refractivity contribution in [1.29, 1.82) is 0 Å². The van der Waals surface area contributed by atoms with E-state index >= 15 is 0 Å². The number of amides is 2. The molecule has 116 valence electrons. The first-order valence-electron chi connectivity index (χ1n) is 7.35. The molecule has 1 aromatic heterocycles. The van der Waals surface area contributed by atoms with Crippen LogP contribution in [0.25, 0.3) is 0 Å². The molecule has 5 nitrogen and oxygen atoms in total. The second-order valence-corrected chi connectivity index (χ2v) is 6.65. The average Bonchev–Trinajstić information content (AvgIpc) is 2.99. The van der Waals surface area contributed by atoms with Crippen molar-refractivity contribution in [2.24, 2.45) is 11.7 Å². The predicted molar refractivity (Wildman–Crippen MR) is 84.2 cm³/mol. The molecule has 0 aliphatic carbocycles. The van der Waals surface area contributed by atoms with Crippen LogP contribution < -0.4 is 5.73 Å². The summed E-state index contributed by atoms with van der Waals surface area (Å²) in [5.41, 5.74) is 6.68. The summed E-state index contributed by atoms with van der Waals surface area (Å²) < 4.78 is 0. The van der Waals surface area contributed by atoms with Gasteiger partial charge < -0.3 is 15.5 Å². The summed E-state index contributed by atoms with van der Waals surface area (Å²) in [7, 11) is 0. The van der Waals surface area contributed by atoms with Gasteiger partial charge in [-0.2, -0.15) is 11.3 Å². The van der Waals surface area contributed by atoms with E-state index in [1.165, 1.54) is 11.3 Å². The molecule has 0 unspecified atom stereocenters. The highest BCUT2D eigenvalue weighted by Crippen LogP contribution is 2.13. The molecule has 6 heteroatoms. The zero-order valence-corrected chi connectivity index (χ0v) is 13.4. The highest BCUT2D eigenvalue weighted by molar-refractivity contribution is 7.08. The standard InChI is InChI=1S/C15H23N3O2S/c1-11(2)9-13(16)15(20)18-6-4-17(5-7-18)14(19)12-3-8-21-10-12/h3,8,10-11,13H,4-7,9,16H2,1-2H3/t13-/m1/s1. The molecule has 0 bridgehead atoms. The van der Waals surface area contributed by atoms with Gasteiger partial charge in [0.2, 0.25) is 5.91 Å². The van der Waals surface area contributed by atoms with Crippen molar-refractivity contribution in [3.63, 3.8) is 0 Å². The molecule has 0 aromatic carbocycles. The van der Waals surface area contributed by atoms with E-state index in [1.54, 1.807) is 9.80 Å². The summed E-state index contributed by atoms with van der Waals surface area (Å²) in [4.78, 5) is 28.0. The van der Waals surface area contributed by atoms with E-state index in [4.69, 9.17) is 5.73 Å². The summed E-state index contributed by atoms with van der Waals surface area (Å²) in [5.74, 6) is 0.464. The fraction of sp³-hybridized carbons (Fsp3) is 0.600. The molecule has 2 amide bonds. The van der Waals surface area contributed by atoms with Crippen LogP contribution in [0.5, 0.6) is 0 Å². The lowest BCUT2D eigenvalue weighted by Crippen LogP contribution is -2.54. The van der Waals surface area contributed by atoms with Crippen LogP contribution in [0.2, 0.25) is 0 Å². The number of nitrogens with zero attached hydrogens (tertiary/aromatic N) is 2. The number of piperazine rings is 1. The van der Waals surface area contributed by atoms with Crippen molar-refractivity contribution in [3.8, 4) is 0 Å². The molecule has 1 aliphatic heterocycles. The quantitative estimate of drug-likeness (QED) is 0.914. The average molecular weight is 309 g/mol. The highest BCUT2D eigenvalue weighted by atomic mass is 32.1. The Morgan fingerprint density at radius 2 is 1.86 bits per heavy atom. The Labute approximate surface area is 129 Å². The third-order valence-corrected chi connectivity index (χ3v) is 4.37. The molecule has 21 heavy (non-hydrogen) atoms. The van der Waals surface area contributed by atoms with Crippen LogP contribution in [-0.4, -0.2) is 53.8 Å². The van der Waals surface area contributed by atoms with E-state index in [-0.39, 0.29) is 11.8 Å². The van der Waals surface area contributed by atoms with Crippen molar-refractivity contribution in [2.75, 3.05) is 26.2 Å². The maximum absolute atomic E-state index is 12.2. The zero-order chi connectivity index (χ0) is 15.4. The summed E-state index contributed by atoms with van der Waals surface area (Å²) in [5, 5.41) is 3.76. The number of carbonyl (C=O) groups excluding carboxylic acids is 2. The molecule has 1 aliphatic rings. The Morgan fingerprint density at radius 3 is 2.38 bits per heavy atom. The molecule has 2 rings (SSSR count). The second-order valence-electron chi connectivity index (χ2n) is 5.87. The first-order valence-corrected chi connectivity index (χ1v) is 8.29. The van der Waals surface area contributed by atoms with Crippen LogP contribution in [0.3, 0.4) is 0 Å². The number of thiophene rings is 1. The summed E-state index contributed by atoms with van der Waals surface area (Å²) in [6, 6.07) is 1.41. The summed E-state index contributed by atoms with van der Waals surface area (Å²) >= 11 is 1.52. The summed E-state index contributed by atoms with van der Waals surface area (Å²) in [6.07, 6.45) is 0.701. The van der Waals surface area contributed by atoms with Crippen molar-refractivity contribution in [2.45, 2.75) is 26.3 Å². The minimum Gasteiger partial charge on any atom is -0.338 e. The van der Waals surface area contributed by atoms with Crippen LogP contribution in [0, 0.1) is 5.92 Å². The molecule has 1 aromatic rings. The van der Waals surface area contributed by atoms with Crippen molar-refractivity contribution >= 4 is 23.2 Å². The normalized spacial score (nSPS) is 17.1. The smallest absolute Gasteiger partial charge is 0.254 e. The molecular weight excluding hydrogens is 286 g/mol. The van der Waals surface area contributed by atoms with Gasteiger partial charge >= 0.3 is 0 Å². The van der Waals surface area contributed by atoms with Crippen LogP contribution in [0.1, 0.15) is 30.6 Å². The summed E-state index contributed by atoms with van der Waals surface area (Å²) in [6.45, 7) is 6.42. The minimum atomic E-state index is -0.427. The lowest BCUT2D eigenvalue weighted by molar-refractivity contribution is -0.134. The van der Waals surface area contributed by atoms with Crippen LogP contribution in [0.15, 0.2) is 16.8 Å². The van der Waals surface area contributed by atoms with Crippen LogP contribution >= 0.6 is 11.3 Å². The number of hydrogen-bond donors (Lipinski definition) is 1. The van der Waals surface area contributed by atoms with E-state index in [0.717, 1.165) is 5.56 Å². The van der Waals surface area contributed by atoms with E-state index in [0.29, 0.717) is 38.5 Å². The Bertz CT molecular complexity index is 479. The maximum Gasteiger partial charge on any atom is 0.254 e. The number of nitrogens with two attached hydrogens (primary N) is 1. The Balaban J connectivity index is 1.85. The van der Waals surface area contributed by atoms with Gasteiger partial charge in [0.1, 0.15) is 0 Å². The fourth-order valence-corrected chi connectivity index (χ4v) is 3.17. The van der Waals surface area contributed by atoms with E-state index < -0.39 is 6.04 Å². The first-order chi connectivity index (χ1) is 9.99. The topological polar surface area (TPSA) is 66.6 Å². The Morgan fingerprint density at radius 1 is 1.24 bits per heavy atom. The largest absolute Gasteiger partial charge is 0.338 e. The lowest BCUT2D eigenvalue weighted by atomic mass is 10.0. The van der Waals surface area contributed by atoms with Gasteiger partial charge in [-0.05, 0) is 23.8 Å².